The molecule has 0 aliphatic carbocycles. The number of nitrogens with zero attached hydrogens (tertiary/aromatic N) is 4. The van der Waals surface area contributed by atoms with Crippen molar-refractivity contribution >= 4 is 34.2 Å². The van der Waals surface area contributed by atoms with Crippen molar-refractivity contribution in [2.45, 2.75) is 6.23 Å². The summed E-state index contributed by atoms with van der Waals surface area (Å²) in [5.41, 5.74) is 0.462. The number of aliphatic hydroxyl groups is 1. The Morgan fingerprint density at radius 3 is 2.79 bits per heavy atom. The zero-order valence-electron chi connectivity index (χ0n) is 14.1. The van der Waals surface area contributed by atoms with Crippen LogP contribution in [-0.2, 0) is 0 Å². The van der Waals surface area contributed by atoms with Crippen molar-refractivity contribution in [3.05, 3.63) is 45.4 Å². The van der Waals surface area contributed by atoms with Crippen LogP contribution in [0.2, 0.25) is 0 Å². The summed E-state index contributed by atoms with van der Waals surface area (Å²) in [5.74, 6) is -2.58. The summed E-state index contributed by atoms with van der Waals surface area (Å²) in [6.07, 6.45) is 1.49. The minimum absolute atomic E-state index is 0.0401. The molecule has 3 aromatic heterocycles. The average molecular weight is 407 g/mol. The normalized spacial score (nSPS) is 15.6. The number of carbonyl (C=O) groups is 1. The summed E-state index contributed by atoms with van der Waals surface area (Å²) < 4.78 is 16.0. The van der Waals surface area contributed by atoms with Gasteiger partial charge in [0.1, 0.15) is 11.8 Å². The van der Waals surface area contributed by atoms with Crippen LogP contribution in [0, 0.1) is 11.7 Å². The Morgan fingerprint density at radius 2 is 2.18 bits per heavy atom. The number of anilines is 1. The van der Waals surface area contributed by atoms with E-state index >= 15 is 0 Å². The molecule has 0 amide bonds. The summed E-state index contributed by atoms with van der Waals surface area (Å²) in [5, 5.41) is 29.5. The van der Waals surface area contributed by atoms with Gasteiger partial charge in [-0.15, -0.1) is 11.3 Å². The molecule has 1 atom stereocenters. The number of hydrogen-bond acceptors (Lipinski definition) is 9. The molecule has 3 aromatic rings. The van der Waals surface area contributed by atoms with E-state index in [0.29, 0.717) is 5.13 Å². The lowest BCUT2D eigenvalue weighted by atomic mass is 9.98. The van der Waals surface area contributed by atoms with Crippen molar-refractivity contribution < 1.29 is 24.6 Å². The van der Waals surface area contributed by atoms with Crippen molar-refractivity contribution in [3.8, 4) is 5.13 Å². The summed E-state index contributed by atoms with van der Waals surface area (Å²) in [6, 6.07) is 0.963. The van der Waals surface area contributed by atoms with Crippen molar-refractivity contribution in [2.75, 3.05) is 18.0 Å². The number of carboxylic acid groups (broad SMARTS) is 1. The van der Waals surface area contributed by atoms with E-state index in [0.717, 1.165) is 12.3 Å². The highest BCUT2D eigenvalue weighted by Gasteiger charge is 2.35. The molecule has 0 aromatic carbocycles. The number of halogens is 1. The minimum Gasteiger partial charge on any atom is -0.477 e. The third-order valence-electron chi connectivity index (χ3n) is 4.56. The molecule has 1 fully saturated rings. The second-order valence-corrected chi connectivity index (χ2v) is 7.14. The molecule has 146 valence electrons. The number of carboxylic acids is 1. The number of hydrogen-bond donors (Lipinski definition) is 4. The quantitative estimate of drug-likeness (QED) is 0.350. The predicted molar refractivity (Wildman–Crippen MR) is 96.6 cm³/mol. The number of aromatic carboxylic acids is 1. The number of thiazole rings is 1. The molecule has 0 bridgehead atoms. The Morgan fingerprint density at radius 1 is 1.43 bits per heavy atom. The van der Waals surface area contributed by atoms with E-state index in [4.69, 9.17) is 5.21 Å². The first-order valence-electron chi connectivity index (χ1n) is 8.12. The van der Waals surface area contributed by atoms with Gasteiger partial charge in [-0.1, -0.05) is 0 Å². The summed E-state index contributed by atoms with van der Waals surface area (Å²) >= 11 is 1.20. The standard InChI is InChI=1S/C16H14FN5O5S/c17-10-3-8-11(23)9(15(25)26)6-22(16-18-1-2-28-16)12(8)19-13(10)21-4-7(5-21)14(24)20-27/h1-3,6-7,14,20,24,27H,4-5H2,(H,25,26). The van der Waals surface area contributed by atoms with Gasteiger partial charge in [-0.05, 0) is 6.07 Å². The zero-order valence-corrected chi connectivity index (χ0v) is 14.9. The van der Waals surface area contributed by atoms with E-state index in [1.807, 2.05) is 0 Å². The number of fused-ring (bicyclic) bond motifs is 1. The molecule has 28 heavy (non-hydrogen) atoms. The Kier molecular flexibility index (Phi) is 4.55. The predicted octanol–water partition coefficient (Wildman–Crippen LogP) is 0.413. The lowest BCUT2D eigenvalue weighted by Crippen LogP contribution is -2.56. The summed E-state index contributed by atoms with van der Waals surface area (Å²) in [6.45, 7) is 0.470. The van der Waals surface area contributed by atoms with Crippen molar-refractivity contribution in [1.29, 1.82) is 0 Å². The first-order valence-corrected chi connectivity index (χ1v) is 9.00. The van der Waals surface area contributed by atoms with Crippen LogP contribution in [0.3, 0.4) is 0 Å². The lowest BCUT2D eigenvalue weighted by Gasteiger charge is -2.41. The Balaban J connectivity index is 1.87. The Labute approximate surface area is 160 Å². The first kappa shape index (κ1) is 18.4. The fraction of sp³-hybridized carbons (Fsp3) is 0.250. The molecule has 0 spiro atoms. The number of pyridine rings is 2. The van der Waals surface area contributed by atoms with Gasteiger partial charge < -0.3 is 20.3 Å². The van der Waals surface area contributed by atoms with E-state index in [1.165, 1.54) is 22.1 Å². The molecule has 1 unspecified atom stereocenters. The van der Waals surface area contributed by atoms with Crippen LogP contribution in [0.25, 0.3) is 16.2 Å². The highest BCUT2D eigenvalue weighted by molar-refractivity contribution is 7.12. The fourth-order valence-corrected chi connectivity index (χ4v) is 3.68. The third kappa shape index (κ3) is 2.92. The van der Waals surface area contributed by atoms with Crippen LogP contribution in [0.4, 0.5) is 10.2 Å². The molecule has 1 aliphatic rings. The van der Waals surface area contributed by atoms with E-state index in [9.17, 15) is 24.2 Å². The Bertz CT molecular complexity index is 1110. The maximum absolute atomic E-state index is 14.6. The van der Waals surface area contributed by atoms with E-state index < -0.39 is 29.0 Å². The van der Waals surface area contributed by atoms with Crippen LogP contribution in [0.15, 0.2) is 28.6 Å². The van der Waals surface area contributed by atoms with Gasteiger partial charge >= 0.3 is 5.97 Å². The fourth-order valence-electron chi connectivity index (χ4n) is 3.06. The van der Waals surface area contributed by atoms with Crippen LogP contribution in [0.5, 0.6) is 0 Å². The van der Waals surface area contributed by atoms with Crippen molar-refractivity contribution in [2.24, 2.45) is 5.92 Å². The molecule has 10 nitrogen and oxygen atoms in total. The highest BCUT2D eigenvalue weighted by atomic mass is 32.1. The molecule has 4 N–H and O–H groups in total. The largest absolute Gasteiger partial charge is 0.477 e. The zero-order chi connectivity index (χ0) is 20.0. The number of nitrogens with one attached hydrogen (secondary N) is 1. The van der Waals surface area contributed by atoms with Gasteiger partial charge in [0.25, 0.3) is 0 Å². The topological polar surface area (TPSA) is 141 Å². The van der Waals surface area contributed by atoms with Crippen molar-refractivity contribution in [1.82, 2.24) is 20.0 Å². The van der Waals surface area contributed by atoms with E-state index in [1.54, 1.807) is 15.8 Å². The van der Waals surface area contributed by atoms with Gasteiger partial charge in [0, 0.05) is 36.8 Å². The smallest absolute Gasteiger partial charge is 0.341 e. The molecule has 4 heterocycles. The first-order chi connectivity index (χ1) is 13.4. The Hall–Kier alpha value is -2.93. The minimum atomic E-state index is -1.43. The maximum atomic E-state index is 14.6. The second-order valence-electron chi connectivity index (χ2n) is 6.27. The lowest BCUT2D eigenvalue weighted by molar-refractivity contribution is -0.0411. The monoisotopic (exact) mass is 407 g/mol. The van der Waals surface area contributed by atoms with E-state index in [-0.39, 0.29) is 35.9 Å². The number of hydroxylamine groups is 1. The molecule has 4 rings (SSSR count). The molecule has 0 saturated carbocycles. The van der Waals surface area contributed by atoms with Gasteiger partial charge in [-0.3, -0.25) is 9.36 Å². The molecule has 1 saturated heterocycles. The van der Waals surface area contributed by atoms with Crippen LogP contribution in [0.1, 0.15) is 10.4 Å². The summed E-state index contributed by atoms with van der Waals surface area (Å²) in [7, 11) is 0. The van der Waals surface area contributed by atoms with Crippen LogP contribution < -0.4 is 15.8 Å². The summed E-state index contributed by atoms with van der Waals surface area (Å²) in [4.78, 5) is 33.8. The number of aliphatic hydroxyl groups excluding tert-OH is 1. The number of aromatic nitrogens is 3. The van der Waals surface area contributed by atoms with Gasteiger partial charge in [0.05, 0.1) is 5.39 Å². The maximum Gasteiger partial charge on any atom is 0.341 e. The molecule has 0 radical (unpaired) electrons. The molecule has 1 aliphatic heterocycles. The highest BCUT2D eigenvalue weighted by Crippen LogP contribution is 2.29. The third-order valence-corrected chi connectivity index (χ3v) is 5.33. The van der Waals surface area contributed by atoms with Crippen molar-refractivity contribution in [3.63, 3.8) is 0 Å². The van der Waals surface area contributed by atoms with Gasteiger partial charge in [-0.2, -0.15) is 5.48 Å². The van der Waals surface area contributed by atoms with Gasteiger partial charge in [-0.25, -0.2) is 19.2 Å². The SMILES string of the molecule is O=C(O)c1cn(-c2nccs2)c2nc(N3CC(C(O)NO)C3)c(F)cc2c1=O. The second kappa shape index (κ2) is 6.91. The average Bonchev–Trinajstić information content (AvgIpc) is 3.15. The van der Waals surface area contributed by atoms with Gasteiger partial charge in [0.15, 0.2) is 22.4 Å². The van der Waals surface area contributed by atoms with Crippen LogP contribution >= 0.6 is 11.3 Å². The van der Waals surface area contributed by atoms with Gasteiger partial charge in [0.2, 0.25) is 5.43 Å². The molecule has 12 heteroatoms. The van der Waals surface area contributed by atoms with Crippen LogP contribution in [-0.4, -0.2) is 55.2 Å². The molecular formula is C16H14FN5O5S. The van der Waals surface area contributed by atoms with E-state index in [2.05, 4.69) is 9.97 Å². The molecular weight excluding hydrogens is 393 g/mol. The number of rotatable bonds is 5.